The number of hydrogen-bond donors (Lipinski definition) is 2. The fraction of sp³-hybridized carbons (Fsp3) is 0.208. The van der Waals surface area contributed by atoms with Gasteiger partial charge in [-0.3, -0.25) is 4.79 Å². The number of nitrogens with two attached hydrogens (primary N) is 1. The Kier molecular flexibility index (Phi) is 6.45. The van der Waals surface area contributed by atoms with Crippen LogP contribution >= 0.6 is 0 Å². The van der Waals surface area contributed by atoms with Crippen LogP contribution < -0.4 is 10.5 Å². The number of carboxylic acid groups (broad SMARTS) is 1. The van der Waals surface area contributed by atoms with E-state index in [0.717, 1.165) is 28.7 Å². The third-order valence-corrected chi connectivity index (χ3v) is 4.72. The standard InChI is InChI=1S/C24H25NO3/c1-2-22(25)20-11-6-10-19(14-20)18-9-5-7-17(13-18)16-28-23-12-4-3-8-21(23)15-24(26)27/h3-14,22H,2,15-16,25H2,1H3,(H,26,27). The van der Waals surface area contributed by atoms with Crippen LogP contribution in [0, 0.1) is 0 Å². The molecule has 0 spiro atoms. The van der Waals surface area contributed by atoms with Crippen molar-refractivity contribution >= 4 is 5.97 Å². The lowest BCUT2D eigenvalue weighted by Gasteiger charge is -2.13. The Bertz CT molecular complexity index is 952. The molecule has 0 aliphatic rings. The molecular weight excluding hydrogens is 350 g/mol. The number of benzene rings is 3. The van der Waals surface area contributed by atoms with Crippen LogP contribution in [0.1, 0.15) is 36.1 Å². The molecule has 3 N–H and O–H groups in total. The first kappa shape index (κ1) is 19.6. The molecule has 1 unspecified atom stereocenters. The number of carboxylic acids is 1. The van der Waals surface area contributed by atoms with Crippen molar-refractivity contribution in [1.29, 1.82) is 0 Å². The topological polar surface area (TPSA) is 72.5 Å². The molecule has 0 bridgehead atoms. The van der Waals surface area contributed by atoms with Gasteiger partial charge >= 0.3 is 5.97 Å². The first-order valence-electron chi connectivity index (χ1n) is 9.44. The number of aliphatic carboxylic acids is 1. The molecule has 144 valence electrons. The van der Waals surface area contributed by atoms with Crippen LogP contribution in [0.2, 0.25) is 0 Å². The van der Waals surface area contributed by atoms with Gasteiger partial charge in [0.05, 0.1) is 6.42 Å². The molecule has 0 saturated carbocycles. The van der Waals surface area contributed by atoms with Crippen molar-refractivity contribution in [2.24, 2.45) is 5.73 Å². The van der Waals surface area contributed by atoms with E-state index in [4.69, 9.17) is 15.6 Å². The van der Waals surface area contributed by atoms with Crippen LogP contribution in [0.25, 0.3) is 11.1 Å². The summed E-state index contributed by atoms with van der Waals surface area (Å²) < 4.78 is 5.91. The van der Waals surface area contributed by atoms with Gasteiger partial charge in [-0.1, -0.05) is 61.5 Å². The average molecular weight is 375 g/mol. The molecule has 0 fully saturated rings. The number of ether oxygens (including phenoxy) is 1. The molecule has 0 aromatic heterocycles. The van der Waals surface area contributed by atoms with Crippen molar-refractivity contribution in [2.75, 3.05) is 0 Å². The van der Waals surface area contributed by atoms with E-state index in [1.165, 1.54) is 0 Å². The highest BCUT2D eigenvalue weighted by molar-refractivity contribution is 5.71. The molecule has 0 heterocycles. The lowest BCUT2D eigenvalue weighted by Crippen LogP contribution is -2.08. The van der Waals surface area contributed by atoms with E-state index in [0.29, 0.717) is 17.9 Å². The highest BCUT2D eigenvalue weighted by Gasteiger charge is 2.09. The van der Waals surface area contributed by atoms with Crippen molar-refractivity contribution in [3.8, 4) is 16.9 Å². The van der Waals surface area contributed by atoms with Gasteiger partial charge in [0.15, 0.2) is 0 Å². The van der Waals surface area contributed by atoms with Gasteiger partial charge in [0.1, 0.15) is 12.4 Å². The number of rotatable bonds is 8. The third-order valence-electron chi connectivity index (χ3n) is 4.72. The molecule has 1 atom stereocenters. The van der Waals surface area contributed by atoms with Gasteiger partial charge < -0.3 is 15.6 Å². The molecule has 0 amide bonds. The van der Waals surface area contributed by atoms with E-state index in [1.807, 2.05) is 30.3 Å². The summed E-state index contributed by atoms with van der Waals surface area (Å²) in [6.07, 6.45) is 0.841. The highest BCUT2D eigenvalue weighted by atomic mass is 16.5. The molecule has 4 heteroatoms. The summed E-state index contributed by atoms with van der Waals surface area (Å²) in [6, 6.07) is 23.8. The minimum atomic E-state index is -0.872. The monoisotopic (exact) mass is 375 g/mol. The van der Waals surface area contributed by atoms with Gasteiger partial charge in [0, 0.05) is 11.6 Å². The normalized spacial score (nSPS) is 11.8. The van der Waals surface area contributed by atoms with Crippen molar-refractivity contribution in [1.82, 2.24) is 0 Å². The zero-order valence-corrected chi connectivity index (χ0v) is 16.0. The number of carbonyl (C=O) groups is 1. The second kappa shape index (κ2) is 9.20. The van der Waals surface area contributed by atoms with Gasteiger partial charge in [0.25, 0.3) is 0 Å². The summed E-state index contributed by atoms with van der Waals surface area (Å²) in [5, 5.41) is 9.05. The Hall–Kier alpha value is -3.11. The van der Waals surface area contributed by atoms with Gasteiger partial charge in [0.2, 0.25) is 0 Å². The predicted octanol–water partition coefficient (Wildman–Crippen LogP) is 4.97. The molecule has 28 heavy (non-hydrogen) atoms. The molecule has 3 rings (SSSR count). The fourth-order valence-electron chi connectivity index (χ4n) is 3.14. The van der Waals surface area contributed by atoms with Crippen molar-refractivity contribution in [2.45, 2.75) is 32.4 Å². The van der Waals surface area contributed by atoms with Crippen molar-refractivity contribution in [3.63, 3.8) is 0 Å². The first-order valence-corrected chi connectivity index (χ1v) is 9.44. The molecule has 0 radical (unpaired) electrons. The Labute approximate surface area is 165 Å². The van der Waals surface area contributed by atoms with Gasteiger partial charge in [-0.25, -0.2) is 0 Å². The van der Waals surface area contributed by atoms with Crippen LogP contribution in [-0.2, 0) is 17.8 Å². The Morgan fingerprint density at radius 3 is 2.46 bits per heavy atom. The fourth-order valence-corrected chi connectivity index (χ4v) is 3.14. The summed E-state index contributed by atoms with van der Waals surface area (Å²) in [4.78, 5) is 11.0. The van der Waals surface area contributed by atoms with Crippen LogP contribution in [-0.4, -0.2) is 11.1 Å². The molecule has 4 nitrogen and oxygen atoms in total. The largest absolute Gasteiger partial charge is 0.489 e. The molecule has 3 aromatic carbocycles. The second-order valence-corrected chi connectivity index (χ2v) is 6.81. The molecule has 0 saturated heterocycles. The van der Waals surface area contributed by atoms with Crippen molar-refractivity contribution < 1.29 is 14.6 Å². The summed E-state index contributed by atoms with van der Waals surface area (Å²) in [5.74, 6) is -0.269. The average Bonchev–Trinajstić information content (AvgIpc) is 2.72. The first-order chi connectivity index (χ1) is 13.6. The second-order valence-electron chi connectivity index (χ2n) is 6.81. The van der Waals surface area contributed by atoms with Gasteiger partial charge in [-0.05, 0) is 46.9 Å². The summed E-state index contributed by atoms with van der Waals surface area (Å²) in [6.45, 7) is 2.45. The van der Waals surface area contributed by atoms with E-state index >= 15 is 0 Å². The van der Waals surface area contributed by atoms with E-state index < -0.39 is 5.97 Å². The molecule has 0 aliphatic heterocycles. The quantitative estimate of drug-likeness (QED) is 0.583. The van der Waals surface area contributed by atoms with Crippen LogP contribution in [0.15, 0.2) is 72.8 Å². The Balaban J connectivity index is 1.77. The van der Waals surface area contributed by atoms with Gasteiger partial charge in [-0.15, -0.1) is 0 Å². The molecular formula is C24H25NO3. The maximum atomic E-state index is 11.0. The van der Waals surface area contributed by atoms with E-state index in [2.05, 4.69) is 37.3 Å². The third kappa shape index (κ3) is 4.99. The highest BCUT2D eigenvalue weighted by Crippen LogP contribution is 2.25. The minimum Gasteiger partial charge on any atom is -0.489 e. The predicted molar refractivity (Wildman–Crippen MR) is 111 cm³/mol. The molecule has 3 aromatic rings. The summed E-state index contributed by atoms with van der Waals surface area (Å²) in [7, 11) is 0. The summed E-state index contributed by atoms with van der Waals surface area (Å²) >= 11 is 0. The van der Waals surface area contributed by atoms with Crippen LogP contribution in [0.5, 0.6) is 5.75 Å². The van der Waals surface area contributed by atoms with Crippen molar-refractivity contribution in [3.05, 3.63) is 89.5 Å². The smallest absolute Gasteiger partial charge is 0.307 e. The Morgan fingerprint density at radius 2 is 1.71 bits per heavy atom. The summed E-state index contributed by atoms with van der Waals surface area (Å²) in [5.41, 5.74) is 11.2. The maximum absolute atomic E-state index is 11.0. The van der Waals surface area contributed by atoms with E-state index in [1.54, 1.807) is 12.1 Å². The Morgan fingerprint density at radius 1 is 1.00 bits per heavy atom. The lowest BCUT2D eigenvalue weighted by atomic mass is 9.98. The lowest BCUT2D eigenvalue weighted by molar-refractivity contribution is -0.136. The SMILES string of the molecule is CCC(N)c1cccc(-c2cccc(COc3ccccc3CC(=O)O)c2)c1. The zero-order valence-electron chi connectivity index (χ0n) is 16.0. The van der Waals surface area contributed by atoms with Crippen LogP contribution in [0.4, 0.5) is 0 Å². The minimum absolute atomic E-state index is 0.0391. The zero-order chi connectivity index (χ0) is 19.9. The van der Waals surface area contributed by atoms with Gasteiger partial charge in [-0.2, -0.15) is 0 Å². The van der Waals surface area contributed by atoms with E-state index in [9.17, 15) is 4.79 Å². The van der Waals surface area contributed by atoms with Crippen LogP contribution in [0.3, 0.4) is 0 Å². The molecule has 0 aliphatic carbocycles. The number of para-hydroxylation sites is 1. The number of hydrogen-bond acceptors (Lipinski definition) is 3. The van der Waals surface area contributed by atoms with E-state index in [-0.39, 0.29) is 12.5 Å². The maximum Gasteiger partial charge on any atom is 0.307 e.